The predicted molar refractivity (Wildman–Crippen MR) is 399 cm³/mol. The summed E-state index contributed by atoms with van der Waals surface area (Å²) in [6.45, 7) is 3.01. The highest BCUT2D eigenvalue weighted by Crippen LogP contribution is 2.21. The predicted octanol–water partition coefficient (Wildman–Crippen LogP) is -14.1. The molecule has 0 aromatic rings. The van der Waals surface area contributed by atoms with Gasteiger partial charge in [-0.1, -0.05) is 13.8 Å². The quantitative estimate of drug-likeness (QED) is 0.0153. The Morgan fingerprint density at radius 3 is 1.39 bits per heavy atom. The Labute approximate surface area is 668 Å². The molecule has 18 amide bonds. The van der Waals surface area contributed by atoms with E-state index in [9.17, 15) is 131 Å². The highest BCUT2D eigenvalue weighted by Gasteiger charge is 2.42. The molecule has 1 aliphatic heterocycles. The van der Waals surface area contributed by atoms with Crippen molar-refractivity contribution in [2.75, 3.05) is 39.3 Å². The number of nitrogens with zero attached hydrogens (tertiary/aromatic N) is 2. The fourth-order valence-electron chi connectivity index (χ4n) is 11.0. The number of hydrogen-bond donors (Lipinski definition) is 27. The fraction of sp³-hybridized carbons (Fsp3) is 0.652. The molecule has 0 aromatic heterocycles. The molecule has 0 bridgehead atoms. The number of unbranched alkanes of at least 4 members (excludes halogenated alkanes) is 1. The number of aliphatic hydroxyl groups excluding tert-OH is 2. The highest BCUT2D eigenvalue weighted by molar-refractivity contribution is 6.02. The summed E-state index contributed by atoms with van der Waals surface area (Å²) in [5.41, 5.74) is 38.3. The van der Waals surface area contributed by atoms with E-state index in [1.165, 1.54) is 0 Å². The molecule has 34 N–H and O–H groups in total. The smallest absolute Gasteiger partial charge is 0.322 e. The topological polar surface area (TPSA) is 863 Å². The Balaban J connectivity index is 3.48. The van der Waals surface area contributed by atoms with Crippen LogP contribution in [0, 0.1) is 5.92 Å². The van der Waals surface area contributed by atoms with Crippen molar-refractivity contribution in [1.82, 2.24) is 79.3 Å². The van der Waals surface area contributed by atoms with E-state index in [0.717, 1.165) is 25.7 Å². The molecule has 0 saturated carbocycles. The Morgan fingerprint density at radius 1 is 0.427 bits per heavy atom. The van der Waals surface area contributed by atoms with E-state index in [1.54, 1.807) is 13.8 Å². The van der Waals surface area contributed by atoms with Gasteiger partial charge in [-0.2, -0.15) is 0 Å². The van der Waals surface area contributed by atoms with Crippen molar-refractivity contribution in [2.45, 2.75) is 228 Å². The minimum atomic E-state index is -2.13. The maximum absolute atomic E-state index is 14.5. The van der Waals surface area contributed by atoms with Crippen molar-refractivity contribution in [2.24, 2.45) is 51.0 Å². The number of hydrogen-bond acceptors (Lipinski definition) is 27. The first kappa shape index (κ1) is 102. The lowest BCUT2D eigenvalue weighted by atomic mass is 10.0. The number of aliphatic imine (C=N–C) groups is 1. The maximum Gasteiger partial charge on any atom is 0.322 e. The first-order chi connectivity index (χ1) is 54.6. The molecule has 0 unspecified atom stereocenters. The van der Waals surface area contributed by atoms with E-state index < -0.39 is 292 Å². The Kier molecular flexibility index (Phi) is 45.6. The molecular weight excluding hydrogens is 1560 g/mol. The molecule has 0 aromatic carbocycles. The SMILES string of the molecule is CC(C)C[C@H](NC(=O)[C@@H](N)CC(N)=O)C(=O)N[C@@H](CCC(N)=O)C(=O)N[C@@H](CCCCN)C(=O)N[C@@H](CC(=O)O)C(=O)N[C@@H](CCC(=O)O)C(=O)N1CCC[C@H]1C(=O)N[C@@H](CC(N)=O)C(=O)NCC(=O)N[C@@H](CCCN=C(N)N)C(=O)N[C@@H](C)C(=O)N[C@@H](CO)C(=O)N[C@@H](CC(=O)O)C(=O)N[C@H](C(=O)N[C@@H](C)C(=O)NCC(=O)O)[C@@H](C)O. The number of amides is 18. The molecule has 0 aliphatic carbocycles. The molecule has 51 heteroatoms. The van der Waals surface area contributed by atoms with Crippen LogP contribution in [-0.4, -0.2) is 302 Å². The zero-order valence-corrected chi connectivity index (χ0v) is 64.9. The first-order valence-electron chi connectivity index (χ1n) is 36.6. The van der Waals surface area contributed by atoms with Crippen LogP contribution in [0.1, 0.15) is 137 Å². The van der Waals surface area contributed by atoms with Gasteiger partial charge in [0.05, 0.1) is 51.0 Å². The number of carboxylic acid groups (broad SMARTS) is 4. The Morgan fingerprint density at radius 2 is 0.880 bits per heavy atom. The van der Waals surface area contributed by atoms with Crippen molar-refractivity contribution in [1.29, 1.82) is 0 Å². The summed E-state index contributed by atoms with van der Waals surface area (Å²) in [6, 6.07) is -24.6. The number of nitrogens with one attached hydrogen (secondary N) is 14. The van der Waals surface area contributed by atoms with Gasteiger partial charge in [-0.3, -0.25) is 110 Å². The maximum atomic E-state index is 14.5. The van der Waals surface area contributed by atoms with Gasteiger partial charge in [0.1, 0.15) is 85.1 Å². The summed E-state index contributed by atoms with van der Waals surface area (Å²) in [5.74, 6) is -28.1. The minimum Gasteiger partial charge on any atom is -0.481 e. The molecule has 656 valence electrons. The normalized spacial score (nSPS) is 15.8. The van der Waals surface area contributed by atoms with Crippen LogP contribution in [0.4, 0.5) is 0 Å². The second-order valence-corrected chi connectivity index (χ2v) is 27.4. The van der Waals surface area contributed by atoms with Crippen LogP contribution >= 0.6 is 0 Å². The average Bonchev–Trinajstić information content (AvgIpc) is 1.74. The van der Waals surface area contributed by atoms with Crippen LogP contribution in [0.2, 0.25) is 0 Å². The fourth-order valence-corrected chi connectivity index (χ4v) is 11.0. The zero-order chi connectivity index (χ0) is 89.3. The third-order valence-electron chi connectivity index (χ3n) is 17.0. The number of likely N-dealkylation sites (tertiary alicyclic amines) is 1. The lowest BCUT2D eigenvalue weighted by Crippen LogP contribution is -2.61. The summed E-state index contributed by atoms with van der Waals surface area (Å²) < 4.78 is 0. The van der Waals surface area contributed by atoms with Crippen molar-refractivity contribution in [3.8, 4) is 0 Å². The van der Waals surface area contributed by atoms with Crippen LogP contribution in [0.15, 0.2) is 4.99 Å². The molecule has 0 spiro atoms. The number of primary amides is 3. The number of nitrogens with two attached hydrogens (primary N) is 7. The Hall–Kier alpha value is -12.5. The molecular formula is C66H109N23O28. The van der Waals surface area contributed by atoms with E-state index in [0.29, 0.717) is 0 Å². The van der Waals surface area contributed by atoms with Gasteiger partial charge in [-0.05, 0) is 97.4 Å². The van der Waals surface area contributed by atoms with Gasteiger partial charge in [0.15, 0.2) is 5.96 Å². The number of carbonyl (C=O) groups is 22. The third-order valence-corrected chi connectivity index (χ3v) is 17.0. The van der Waals surface area contributed by atoms with Crippen molar-refractivity contribution in [3.05, 3.63) is 0 Å². The summed E-state index contributed by atoms with van der Waals surface area (Å²) in [5, 5.41) is 89.2. The molecule has 1 aliphatic rings. The molecule has 1 saturated heterocycles. The zero-order valence-electron chi connectivity index (χ0n) is 64.9. The molecule has 51 nitrogen and oxygen atoms in total. The van der Waals surface area contributed by atoms with Gasteiger partial charge >= 0.3 is 23.9 Å². The summed E-state index contributed by atoms with van der Waals surface area (Å²) in [4.78, 5) is 292. The molecule has 1 rings (SSSR count). The van der Waals surface area contributed by atoms with Gasteiger partial charge in [-0.15, -0.1) is 0 Å². The first-order valence-corrected chi connectivity index (χ1v) is 36.6. The minimum absolute atomic E-state index is 0.0233. The van der Waals surface area contributed by atoms with Gasteiger partial charge in [-0.25, -0.2) is 0 Å². The summed E-state index contributed by atoms with van der Waals surface area (Å²) in [7, 11) is 0. The third kappa shape index (κ3) is 39.9. The largest absolute Gasteiger partial charge is 0.481 e. The number of guanidine groups is 1. The molecule has 117 heavy (non-hydrogen) atoms. The van der Waals surface area contributed by atoms with Crippen LogP contribution in [0.5, 0.6) is 0 Å². The lowest BCUT2D eigenvalue weighted by molar-refractivity contribution is -0.144. The summed E-state index contributed by atoms with van der Waals surface area (Å²) in [6.07, 6.45) is -8.99. The molecule has 0 radical (unpaired) electrons. The number of aliphatic hydroxyl groups is 2. The second kappa shape index (κ2) is 52.0. The van der Waals surface area contributed by atoms with Crippen molar-refractivity contribution >= 4 is 136 Å². The number of carboxylic acids is 4. The van der Waals surface area contributed by atoms with Gasteiger partial charge in [0, 0.05) is 25.9 Å². The molecule has 1 fully saturated rings. The lowest BCUT2D eigenvalue weighted by Gasteiger charge is -2.30. The van der Waals surface area contributed by atoms with Crippen LogP contribution in [0.3, 0.4) is 0 Å². The van der Waals surface area contributed by atoms with Crippen LogP contribution in [0.25, 0.3) is 0 Å². The van der Waals surface area contributed by atoms with E-state index in [-0.39, 0.29) is 82.9 Å². The average molecular weight is 1670 g/mol. The van der Waals surface area contributed by atoms with Crippen molar-refractivity contribution < 1.29 is 136 Å². The van der Waals surface area contributed by atoms with Crippen LogP contribution in [-0.2, 0) is 105 Å². The second-order valence-electron chi connectivity index (χ2n) is 27.4. The van der Waals surface area contributed by atoms with E-state index >= 15 is 0 Å². The monoisotopic (exact) mass is 1670 g/mol. The number of carbonyl (C=O) groups excluding carboxylic acids is 18. The number of rotatable bonds is 56. The number of aliphatic carboxylic acids is 4. The van der Waals surface area contributed by atoms with Crippen LogP contribution < -0.4 is 115 Å². The van der Waals surface area contributed by atoms with E-state index in [4.69, 9.17) is 45.2 Å². The Bertz CT molecular complexity index is 3620. The molecule has 15 atom stereocenters. The van der Waals surface area contributed by atoms with Gasteiger partial charge in [0.2, 0.25) is 106 Å². The van der Waals surface area contributed by atoms with Gasteiger partial charge < -0.3 is 150 Å². The van der Waals surface area contributed by atoms with Crippen molar-refractivity contribution in [3.63, 3.8) is 0 Å². The van der Waals surface area contributed by atoms with E-state index in [1.807, 2.05) is 16.0 Å². The summed E-state index contributed by atoms with van der Waals surface area (Å²) >= 11 is 0. The van der Waals surface area contributed by atoms with Gasteiger partial charge in [0.25, 0.3) is 0 Å². The van der Waals surface area contributed by atoms with E-state index in [2.05, 4.69) is 63.5 Å². The standard InChI is InChI=1S/C66H109N23O28/c1-28(2)20-37(83-54(106)32(68)21-44(70)93)59(111)81-35(13-15-43(69)92)58(110)80-34(10-6-7-17-67)57(109)84-39(23-48(98)99)60(112)82-36(14-16-47(96)97)65(117)89-19-9-12-42(89)63(115)86-38(22-45(71)94)55(107)75-25-46(95)79-33(11-8-18-74-66(72)73)56(108)77-30(4)53(105)87-41(27-90)62(114)85-40(24-49(100)101)61(113)88-51(31(5)91)64(116)78-29(3)52(104)76-26-50(102)103/h28-42,51,90-91H,6-27,67-68H2,1-5H3,(H2,69,92)(H2,70,93)(H2,71,94)(H,75,107)(H,76,104)(H,77,108)(H,78,116)(H,79,95)(H,80,110)(H,81,111)(H,82,112)(H,83,106)(H,84,109)(H,85,114)(H,86,115)(H,87,105)(H,88,113)(H,96,97)(H,98,99)(H,100,101)(H,102,103)(H4,72,73,74)/t29-,30-,31+,32-,33-,34-,35-,36-,37-,38-,39-,40-,41-,42-,51-/m0/s1. The highest BCUT2D eigenvalue weighted by atomic mass is 16.4. The molecule has 1 heterocycles.